The van der Waals surface area contributed by atoms with Gasteiger partial charge in [-0.3, -0.25) is 37.2 Å². The first-order valence-electron chi connectivity index (χ1n) is 37.6. The molecule has 9 heterocycles. The molecular formula is C79H98Cl2F6N9O13P3S2. The Balaban J connectivity index is 0.000000232. The van der Waals surface area contributed by atoms with Crippen molar-refractivity contribution in [2.45, 2.75) is 153 Å². The molecule has 3 saturated heterocycles. The Morgan fingerprint density at radius 2 is 0.939 bits per heavy atom. The van der Waals surface area contributed by atoms with Crippen LogP contribution in [0.5, 0.6) is 11.8 Å². The number of hydrogen-bond donors (Lipinski definition) is 2. The van der Waals surface area contributed by atoms with E-state index in [4.69, 9.17) is 45.6 Å². The Labute approximate surface area is 679 Å². The van der Waals surface area contributed by atoms with Gasteiger partial charge in [-0.05, 0) is 186 Å². The van der Waals surface area contributed by atoms with Gasteiger partial charge in [0.2, 0.25) is 11.8 Å². The number of hydrogen-bond acceptors (Lipinski definition) is 20. The number of ether oxygens (including phenoxy) is 2. The Kier molecular flexibility index (Phi) is 35.5. The van der Waals surface area contributed by atoms with E-state index in [1.807, 2.05) is 13.8 Å². The lowest BCUT2D eigenvalue weighted by Crippen LogP contribution is -2.37. The second kappa shape index (κ2) is 43.1. The highest BCUT2D eigenvalue weighted by Gasteiger charge is 2.51. The van der Waals surface area contributed by atoms with Crippen LogP contribution in [0.3, 0.4) is 0 Å². The molecule has 3 aliphatic heterocycles. The minimum absolute atomic E-state index is 0.0242. The molecule has 2 N–H and O–H groups in total. The molecule has 6 aromatic heterocycles. The lowest BCUT2D eigenvalue weighted by Gasteiger charge is -2.33. The number of amides is 1. The van der Waals surface area contributed by atoms with Gasteiger partial charge in [0, 0.05) is 47.4 Å². The van der Waals surface area contributed by atoms with Gasteiger partial charge >= 0.3 is 41.1 Å². The molecule has 0 aliphatic carbocycles. The third kappa shape index (κ3) is 25.8. The van der Waals surface area contributed by atoms with Crippen LogP contribution < -0.4 is 25.9 Å². The monoisotopic (exact) mass is 1720 g/mol. The van der Waals surface area contributed by atoms with Crippen molar-refractivity contribution in [2.75, 3.05) is 77.5 Å². The summed E-state index contributed by atoms with van der Waals surface area (Å²) in [7, 11) is -10.7. The summed E-state index contributed by atoms with van der Waals surface area (Å²) in [6, 6.07) is 15.0. The van der Waals surface area contributed by atoms with Gasteiger partial charge in [0.1, 0.15) is 21.4 Å². The molecule has 35 heteroatoms. The number of halogens is 8. The molecule has 1 amide bonds. The number of nitrogens with one attached hydrogen (secondary N) is 1. The molecule has 114 heavy (non-hydrogen) atoms. The first kappa shape index (κ1) is 93.7. The van der Waals surface area contributed by atoms with Crippen LogP contribution in [0.2, 0.25) is 10.0 Å². The number of benzene rings is 2. The van der Waals surface area contributed by atoms with E-state index >= 15 is 0 Å². The predicted molar refractivity (Wildman–Crippen MR) is 442 cm³/mol. The van der Waals surface area contributed by atoms with Crippen molar-refractivity contribution in [1.82, 2.24) is 44.2 Å². The standard InChI is InChI=1S/C32H30ClF3N4O3S.C27H21ClF3N3O4S.C9H21O6P3.C6H15N.C5H11N/c1-4-43-28-27(15-22(33)17-37-28)40-26(14-19(2)3)23(30(41)39-12-6-5-7-13-39)16-24(31(40)42)29-38-25(18-44-29)20-8-10-21(11-9-20)32(34,35)36;1-4-38-23-22(10-17(28)12-32-23)34-21(9-14(2)3)18(26(36)37)11-19(25(34)35)24-33-20(13-39-24)15-5-7-16(8-6-15)27(29,30)31;1-4-7-16(10)13-17(11,8-5-2)15-18(12,14-16)9-6-3;1-4-7(5-2)6-3;1-2-4-6-5-3-1/h8-11,14-18H,4-7,12-13H2,1-3H3;5-13H,4H2,1-3H3,(H,36,37);4-9H2,1-3H3;4-6H2,1-3H3;6H,1-5H2. The van der Waals surface area contributed by atoms with E-state index in [0.29, 0.717) is 71.1 Å². The van der Waals surface area contributed by atoms with Crippen molar-refractivity contribution < 1.29 is 77.1 Å². The first-order chi connectivity index (χ1) is 54.0. The van der Waals surface area contributed by atoms with Crippen LogP contribution in [-0.4, -0.2) is 133 Å². The lowest BCUT2D eigenvalue weighted by atomic mass is 10.0. The molecule has 620 valence electrons. The number of alkyl halides is 6. The molecule has 0 unspecified atom stereocenters. The van der Waals surface area contributed by atoms with E-state index in [1.54, 1.807) is 88.4 Å². The number of carboxylic acids is 1. The Bertz CT molecular complexity index is 4830. The van der Waals surface area contributed by atoms with Crippen LogP contribution in [0.25, 0.3) is 67.2 Å². The Hall–Kier alpha value is -7.43. The molecule has 22 nitrogen and oxygen atoms in total. The van der Waals surface area contributed by atoms with Gasteiger partial charge in [0.25, 0.3) is 17.0 Å². The number of piperidine rings is 2. The first-order valence-corrected chi connectivity index (χ1v) is 45.3. The van der Waals surface area contributed by atoms with Gasteiger partial charge < -0.3 is 29.7 Å². The van der Waals surface area contributed by atoms with E-state index < -0.39 is 63.4 Å². The van der Waals surface area contributed by atoms with Crippen molar-refractivity contribution in [2.24, 2.45) is 0 Å². The van der Waals surface area contributed by atoms with Crippen LogP contribution in [-0.2, 0) is 39.0 Å². The third-order valence-electron chi connectivity index (χ3n) is 17.3. The summed E-state index contributed by atoms with van der Waals surface area (Å²) < 4.78 is 144. The lowest BCUT2D eigenvalue weighted by molar-refractivity contribution is -0.138. The maximum Gasteiger partial charge on any atom is 0.416 e. The molecular weight excluding hydrogens is 1620 g/mol. The minimum atomic E-state index is -4.48. The summed E-state index contributed by atoms with van der Waals surface area (Å²) in [4.78, 5) is 76.6. The van der Waals surface area contributed by atoms with Crippen LogP contribution in [0.1, 0.15) is 184 Å². The van der Waals surface area contributed by atoms with Crippen LogP contribution in [0, 0.1) is 0 Å². The molecule has 0 atom stereocenters. The van der Waals surface area contributed by atoms with Gasteiger partial charge in [-0.2, -0.15) is 26.3 Å². The SMILES string of the molecule is C1CCNCC1.CCCP1(=O)OP(=O)(CCC)OP(=O)(CCC)O1.CCN(CC)CC.CCOc1ncc(Cl)cc1-n1c(C=C(C)C)c(C(=O)N2CCCCC2)cc(-c2nc(-c3ccc(C(F)(F)F)cc3)cs2)c1=O.CCOc1ncc(Cl)cc1-n1c(C=C(C)C)c(C(=O)O)cc(-c2nc(-c3ccc(C(F)(F)F)cc3)cs2)c1=O. The van der Waals surface area contributed by atoms with E-state index in [0.717, 1.165) is 77.3 Å². The third-order valence-corrected chi connectivity index (χ3v) is 28.5. The average molecular weight is 1720 g/mol. The minimum Gasteiger partial charge on any atom is -0.478 e. The number of carboxylic acid groups (broad SMARTS) is 1. The molecule has 2 aromatic carbocycles. The summed E-state index contributed by atoms with van der Waals surface area (Å²) in [5.74, 6) is -1.27. The summed E-state index contributed by atoms with van der Waals surface area (Å²) >= 11 is 14.8. The van der Waals surface area contributed by atoms with Gasteiger partial charge in [-0.25, -0.2) is 37.7 Å². The van der Waals surface area contributed by atoms with E-state index in [-0.39, 0.29) is 98.2 Å². The van der Waals surface area contributed by atoms with Gasteiger partial charge in [0.15, 0.2) is 0 Å². The zero-order valence-corrected chi connectivity index (χ0v) is 71.7. The number of carbonyl (C=O) groups is 2. The summed E-state index contributed by atoms with van der Waals surface area (Å²) in [5.41, 5.74) is 1.64. The van der Waals surface area contributed by atoms with Crippen LogP contribution in [0.15, 0.2) is 117 Å². The average Bonchev–Trinajstić information content (AvgIpc) is 1.12. The number of aromatic carboxylic acids is 1. The maximum absolute atomic E-state index is 14.4. The number of allylic oxidation sites excluding steroid dienone is 2. The largest absolute Gasteiger partial charge is 0.478 e. The van der Waals surface area contributed by atoms with Crippen LogP contribution in [0.4, 0.5) is 26.3 Å². The molecule has 8 aromatic rings. The molecule has 0 spiro atoms. The number of likely N-dealkylation sites (tertiary alicyclic amines) is 1. The highest BCUT2D eigenvalue weighted by molar-refractivity contribution is 7.80. The fourth-order valence-corrected chi connectivity index (χ4v) is 23.3. The fourth-order valence-electron chi connectivity index (χ4n) is 12.0. The maximum atomic E-state index is 14.4. The van der Waals surface area contributed by atoms with E-state index in [1.165, 1.54) is 110 Å². The van der Waals surface area contributed by atoms with Crippen LogP contribution >= 0.6 is 68.7 Å². The van der Waals surface area contributed by atoms with E-state index in [2.05, 4.69) is 50.9 Å². The summed E-state index contributed by atoms with van der Waals surface area (Å²) in [5, 5.41) is 17.6. The number of thiazole rings is 2. The number of carbonyl (C=O) groups excluding carboxylic acids is 1. The molecule has 11 rings (SSSR count). The predicted octanol–water partition coefficient (Wildman–Crippen LogP) is 22.3. The normalized spacial score (nSPS) is 17.5. The second-order valence-corrected chi connectivity index (χ2v) is 36.4. The zero-order chi connectivity index (χ0) is 83.9. The van der Waals surface area contributed by atoms with Gasteiger partial charge in [-0.1, -0.05) is 107 Å². The van der Waals surface area contributed by atoms with Gasteiger partial charge in [-0.15, -0.1) is 22.7 Å². The number of pyridine rings is 4. The number of aromatic nitrogens is 6. The smallest absolute Gasteiger partial charge is 0.416 e. The van der Waals surface area contributed by atoms with Crippen molar-refractivity contribution in [1.29, 1.82) is 0 Å². The number of rotatable bonds is 23. The van der Waals surface area contributed by atoms with Crippen molar-refractivity contribution in [3.63, 3.8) is 0 Å². The summed E-state index contributed by atoms with van der Waals surface area (Å²) in [6.07, 6.45) is 6.10. The van der Waals surface area contributed by atoms with Crippen molar-refractivity contribution >= 4 is 92.7 Å². The molecule has 3 fully saturated rings. The molecule has 3 aliphatic rings. The van der Waals surface area contributed by atoms with Crippen molar-refractivity contribution in [3.05, 3.63) is 171 Å². The topological polar surface area (TPSA) is 266 Å². The Morgan fingerprint density at radius 1 is 0.570 bits per heavy atom. The van der Waals surface area contributed by atoms with Gasteiger partial charge in [0.05, 0.1) is 97.9 Å². The Morgan fingerprint density at radius 3 is 1.25 bits per heavy atom. The second-order valence-electron chi connectivity index (χ2n) is 26.8. The highest BCUT2D eigenvalue weighted by Crippen LogP contribution is 2.82. The fraction of sp³-hybridized carbons (Fsp3) is 0.443. The zero-order valence-electron chi connectivity index (χ0n) is 65.8. The molecule has 0 radical (unpaired) electrons. The highest BCUT2D eigenvalue weighted by atomic mass is 35.5. The quantitative estimate of drug-likeness (QED) is 0.0445. The molecule has 0 saturated carbocycles. The van der Waals surface area contributed by atoms with Crippen molar-refractivity contribution in [3.8, 4) is 66.8 Å². The summed E-state index contributed by atoms with van der Waals surface area (Å²) in [6.45, 7) is 30.5. The number of nitrogens with zero attached hydrogens (tertiary/aromatic N) is 8. The van der Waals surface area contributed by atoms with E-state index in [9.17, 15) is 64.3 Å². The molecule has 0 bridgehead atoms.